The average molecular weight is 543 g/mol. The van der Waals surface area contributed by atoms with E-state index in [0.717, 1.165) is 10.0 Å². The van der Waals surface area contributed by atoms with Gasteiger partial charge in [0.15, 0.2) is 11.5 Å². The van der Waals surface area contributed by atoms with Crippen LogP contribution >= 0.6 is 39.1 Å². The Morgan fingerprint density at radius 3 is 2.47 bits per heavy atom. The molecule has 3 rings (SSSR count). The molecule has 0 bridgehead atoms. The first-order valence-electron chi connectivity index (χ1n) is 9.57. The Balaban J connectivity index is 1.79. The number of anilines is 1. The van der Waals surface area contributed by atoms with E-state index in [1.54, 1.807) is 12.1 Å². The van der Waals surface area contributed by atoms with Crippen molar-refractivity contribution in [2.45, 2.75) is 20.1 Å². The van der Waals surface area contributed by atoms with Crippen LogP contribution in [-0.2, 0) is 13.2 Å². The highest BCUT2D eigenvalue weighted by atomic mass is 79.9. The van der Waals surface area contributed by atoms with Gasteiger partial charge >= 0.3 is 5.97 Å². The van der Waals surface area contributed by atoms with Crippen LogP contribution in [0.2, 0.25) is 10.0 Å². The number of ether oxygens (including phenoxy) is 2. The molecule has 3 aromatic carbocycles. The van der Waals surface area contributed by atoms with Crippen molar-refractivity contribution in [1.29, 1.82) is 0 Å². The van der Waals surface area contributed by atoms with Crippen molar-refractivity contribution in [3.63, 3.8) is 0 Å². The van der Waals surface area contributed by atoms with Crippen LogP contribution in [0.3, 0.4) is 0 Å². The first kappa shape index (κ1) is 24.2. The van der Waals surface area contributed by atoms with Crippen LogP contribution in [0.1, 0.15) is 28.4 Å². The molecule has 0 aliphatic rings. The fourth-order valence-corrected chi connectivity index (χ4v) is 3.74. The van der Waals surface area contributed by atoms with Crippen molar-refractivity contribution in [2.24, 2.45) is 0 Å². The highest BCUT2D eigenvalue weighted by Crippen LogP contribution is 2.35. The Hall–Kier alpha value is -2.48. The lowest BCUT2D eigenvalue weighted by Crippen LogP contribution is -2.05. The fourth-order valence-electron chi connectivity index (χ4n) is 2.87. The molecule has 0 aliphatic heterocycles. The van der Waals surface area contributed by atoms with Gasteiger partial charge in [0.2, 0.25) is 0 Å². The summed E-state index contributed by atoms with van der Waals surface area (Å²) in [6, 6.07) is 12.2. The highest BCUT2D eigenvalue weighted by Gasteiger charge is 2.14. The second-order valence-corrected chi connectivity index (χ2v) is 8.37. The first-order valence-corrected chi connectivity index (χ1v) is 11.1. The van der Waals surface area contributed by atoms with Gasteiger partial charge in [-0.1, -0.05) is 45.2 Å². The summed E-state index contributed by atoms with van der Waals surface area (Å²) in [6.45, 7) is 2.78. The van der Waals surface area contributed by atoms with Crippen LogP contribution in [0, 0.1) is 5.82 Å². The van der Waals surface area contributed by atoms with Gasteiger partial charge in [-0.15, -0.1) is 0 Å². The third-order valence-electron chi connectivity index (χ3n) is 4.49. The minimum atomic E-state index is -1.03. The van der Waals surface area contributed by atoms with Gasteiger partial charge in [0.05, 0.1) is 27.9 Å². The Bertz CT molecular complexity index is 1140. The number of aromatic carboxylic acids is 1. The number of rotatable bonds is 9. The molecule has 5 nitrogen and oxygen atoms in total. The van der Waals surface area contributed by atoms with E-state index in [1.807, 2.05) is 13.0 Å². The smallest absolute Gasteiger partial charge is 0.335 e. The Morgan fingerprint density at radius 1 is 1.03 bits per heavy atom. The molecule has 168 valence electrons. The zero-order valence-electron chi connectivity index (χ0n) is 16.9. The van der Waals surface area contributed by atoms with E-state index >= 15 is 0 Å². The summed E-state index contributed by atoms with van der Waals surface area (Å²) in [5.74, 6) is -0.431. The maximum absolute atomic E-state index is 13.3. The molecule has 0 saturated heterocycles. The van der Waals surface area contributed by atoms with Gasteiger partial charge in [-0.25, -0.2) is 9.18 Å². The highest BCUT2D eigenvalue weighted by molar-refractivity contribution is 9.10. The largest absolute Gasteiger partial charge is 0.490 e. The third kappa shape index (κ3) is 6.06. The van der Waals surface area contributed by atoms with Crippen LogP contribution in [0.4, 0.5) is 10.1 Å². The van der Waals surface area contributed by atoms with Crippen LogP contribution in [0.25, 0.3) is 0 Å². The summed E-state index contributed by atoms with van der Waals surface area (Å²) in [5, 5.41) is 13.0. The minimum Gasteiger partial charge on any atom is -0.490 e. The van der Waals surface area contributed by atoms with Gasteiger partial charge in [0, 0.05) is 16.6 Å². The van der Waals surface area contributed by atoms with E-state index in [9.17, 15) is 14.3 Å². The molecule has 9 heteroatoms. The monoisotopic (exact) mass is 541 g/mol. The molecule has 0 heterocycles. The molecule has 0 aliphatic carbocycles. The maximum atomic E-state index is 13.3. The number of hydrogen-bond donors (Lipinski definition) is 2. The Kier molecular flexibility index (Phi) is 8.23. The van der Waals surface area contributed by atoms with Gasteiger partial charge in [0.1, 0.15) is 12.4 Å². The number of nitrogens with one attached hydrogen (secondary N) is 1. The molecule has 0 aromatic heterocycles. The summed E-state index contributed by atoms with van der Waals surface area (Å²) in [6.07, 6.45) is 0. The van der Waals surface area contributed by atoms with Crippen LogP contribution in [-0.4, -0.2) is 17.7 Å². The standard InChI is InChI=1S/C23H19BrCl2FNO4/c1-2-31-21-8-15(11-28-20-7-13(23(29)30)4-6-18(20)25)17(24)10-22(21)32-12-14-3-5-16(27)9-19(14)26/h3-10,28H,2,11-12H2,1H3,(H,29,30). The predicted molar refractivity (Wildman–Crippen MR) is 127 cm³/mol. The topological polar surface area (TPSA) is 67.8 Å². The number of hydrogen-bond acceptors (Lipinski definition) is 4. The SMILES string of the molecule is CCOc1cc(CNc2cc(C(=O)O)ccc2Cl)c(Br)cc1OCc1ccc(F)cc1Cl. The zero-order valence-corrected chi connectivity index (χ0v) is 20.0. The van der Waals surface area contributed by atoms with Gasteiger partial charge < -0.3 is 19.9 Å². The van der Waals surface area contributed by atoms with Crippen molar-refractivity contribution >= 4 is 50.8 Å². The quantitative estimate of drug-likeness (QED) is 0.299. The lowest BCUT2D eigenvalue weighted by Gasteiger charge is -2.16. The maximum Gasteiger partial charge on any atom is 0.335 e. The molecule has 2 N–H and O–H groups in total. The normalized spacial score (nSPS) is 10.7. The molecular weight excluding hydrogens is 524 g/mol. The number of carboxylic acids is 1. The lowest BCUT2D eigenvalue weighted by molar-refractivity contribution is 0.0697. The molecule has 0 spiro atoms. The average Bonchev–Trinajstić information content (AvgIpc) is 2.74. The third-order valence-corrected chi connectivity index (χ3v) is 5.91. The molecule has 0 fully saturated rings. The summed E-state index contributed by atoms with van der Waals surface area (Å²) in [5.41, 5.74) is 2.12. The molecule has 0 amide bonds. The zero-order chi connectivity index (χ0) is 23.3. The van der Waals surface area contributed by atoms with E-state index in [1.165, 1.54) is 30.3 Å². The number of halogens is 4. The molecule has 0 atom stereocenters. The molecule has 3 aromatic rings. The van der Waals surface area contributed by atoms with Crippen LogP contribution in [0.5, 0.6) is 11.5 Å². The predicted octanol–water partition coefficient (Wildman–Crippen LogP) is 7.18. The van der Waals surface area contributed by atoms with Crippen molar-refractivity contribution < 1.29 is 23.8 Å². The van der Waals surface area contributed by atoms with Gasteiger partial charge in [0.25, 0.3) is 0 Å². The van der Waals surface area contributed by atoms with E-state index < -0.39 is 11.8 Å². The Morgan fingerprint density at radius 2 is 1.78 bits per heavy atom. The summed E-state index contributed by atoms with van der Waals surface area (Å²) in [7, 11) is 0. The van der Waals surface area contributed by atoms with Crippen molar-refractivity contribution in [1.82, 2.24) is 0 Å². The molecule has 0 radical (unpaired) electrons. The van der Waals surface area contributed by atoms with Crippen molar-refractivity contribution in [3.05, 3.63) is 85.6 Å². The number of carboxylic acid groups (broad SMARTS) is 1. The molecule has 0 unspecified atom stereocenters. The van der Waals surface area contributed by atoms with Crippen molar-refractivity contribution in [3.8, 4) is 11.5 Å². The summed E-state index contributed by atoms with van der Waals surface area (Å²) in [4.78, 5) is 11.2. The lowest BCUT2D eigenvalue weighted by atomic mass is 10.1. The van der Waals surface area contributed by atoms with Gasteiger partial charge in [-0.2, -0.15) is 0 Å². The molecule has 32 heavy (non-hydrogen) atoms. The van der Waals surface area contributed by atoms with Crippen molar-refractivity contribution in [2.75, 3.05) is 11.9 Å². The second kappa shape index (κ2) is 10.9. The van der Waals surface area contributed by atoms with Crippen LogP contribution < -0.4 is 14.8 Å². The second-order valence-electron chi connectivity index (χ2n) is 6.70. The number of benzene rings is 3. The van der Waals surface area contributed by atoms with E-state index in [-0.39, 0.29) is 17.2 Å². The van der Waals surface area contributed by atoms with Crippen LogP contribution in [0.15, 0.2) is 53.0 Å². The van der Waals surface area contributed by atoms with E-state index in [4.69, 9.17) is 32.7 Å². The van der Waals surface area contributed by atoms with E-state index in [0.29, 0.717) is 40.9 Å². The van der Waals surface area contributed by atoms with Gasteiger partial charge in [-0.05, 0) is 55.0 Å². The number of carbonyl (C=O) groups is 1. The molecular formula is C23H19BrCl2FNO4. The summed E-state index contributed by atoms with van der Waals surface area (Å²) >= 11 is 15.8. The van der Waals surface area contributed by atoms with Gasteiger partial charge in [-0.3, -0.25) is 0 Å². The molecule has 0 saturated carbocycles. The summed E-state index contributed by atoms with van der Waals surface area (Å²) < 4.78 is 25.6. The fraction of sp³-hybridized carbons (Fsp3) is 0.174. The Labute approximate surface area is 203 Å². The minimum absolute atomic E-state index is 0.133. The first-order chi connectivity index (χ1) is 15.3. The van der Waals surface area contributed by atoms with E-state index in [2.05, 4.69) is 21.2 Å².